The molecule has 1 aliphatic rings. The van der Waals surface area contributed by atoms with Crippen LogP contribution in [0, 0.1) is 25.7 Å². The molecule has 2 rings (SSSR count). The molecule has 1 N–H and O–H groups in total. The molecule has 18 heavy (non-hydrogen) atoms. The molecule has 1 amide bonds. The van der Waals surface area contributed by atoms with Crippen LogP contribution in [0.2, 0.25) is 0 Å². The van der Waals surface area contributed by atoms with Crippen molar-refractivity contribution < 1.29 is 4.79 Å². The van der Waals surface area contributed by atoms with Gasteiger partial charge in [0.25, 0.3) is 0 Å². The van der Waals surface area contributed by atoms with Crippen LogP contribution in [0.15, 0.2) is 18.2 Å². The highest BCUT2D eigenvalue weighted by Crippen LogP contribution is 2.25. The highest BCUT2D eigenvalue weighted by Gasteiger charge is 2.32. The topological polar surface area (TPSA) is 32.3 Å². The number of hydrogen-bond acceptors (Lipinski definition) is 2. The van der Waals surface area contributed by atoms with Crippen molar-refractivity contribution in [2.24, 2.45) is 11.8 Å². The molecular formula is C15H22N2O. The van der Waals surface area contributed by atoms with E-state index in [0.29, 0.717) is 5.92 Å². The van der Waals surface area contributed by atoms with Gasteiger partial charge < -0.3 is 10.2 Å². The minimum absolute atomic E-state index is 0.107. The summed E-state index contributed by atoms with van der Waals surface area (Å²) in [5.41, 5.74) is 3.40. The van der Waals surface area contributed by atoms with Crippen LogP contribution in [0.25, 0.3) is 0 Å². The first-order valence-electron chi connectivity index (χ1n) is 6.56. The molecule has 3 nitrogen and oxygen atoms in total. The van der Waals surface area contributed by atoms with E-state index in [2.05, 4.69) is 38.2 Å². The second kappa shape index (κ2) is 5.11. The Bertz CT molecular complexity index is 456. The summed E-state index contributed by atoms with van der Waals surface area (Å²) >= 11 is 0. The molecule has 1 fully saturated rings. The maximum Gasteiger partial charge on any atom is 0.231 e. The lowest BCUT2D eigenvalue weighted by atomic mass is 9.96. The number of amides is 1. The summed E-state index contributed by atoms with van der Waals surface area (Å²) in [5, 5.41) is 3.29. The van der Waals surface area contributed by atoms with Gasteiger partial charge in [-0.05, 0) is 37.9 Å². The maximum atomic E-state index is 12.5. The van der Waals surface area contributed by atoms with Gasteiger partial charge in [0.1, 0.15) is 0 Å². The number of nitrogens with zero attached hydrogens (tertiary/aromatic N) is 1. The Morgan fingerprint density at radius 3 is 2.61 bits per heavy atom. The summed E-state index contributed by atoms with van der Waals surface area (Å²) in [6.45, 7) is 8.01. The van der Waals surface area contributed by atoms with Crippen molar-refractivity contribution in [3.8, 4) is 0 Å². The van der Waals surface area contributed by atoms with E-state index < -0.39 is 0 Å². The molecule has 98 valence electrons. The van der Waals surface area contributed by atoms with Crippen molar-refractivity contribution in [1.29, 1.82) is 0 Å². The Kier molecular flexibility index (Phi) is 3.71. The number of hydrogen-bond donors (Lipinski definition) is 1. The van der Waals surface area contributed by atoms with E-state index in [-0.39, 0.29) is 11.8 Å². The van der Waals surface area contributed by atoms with Crippen molar-refractivity contribution in [1.82, 2.24) is 5.32 Å². The van der Waals surface area contributed by atoms with Crippen LogP contribution in [0.4, 0.5) is 5.69 Å². The van der Waals surface area contributed by atoms with Crippen LogP contribution in [-0.4, -0.2) is 26.0 Å². The van der Waals surface area contributed by atoms with Crippen molar-refractivity contribution in [3.05, 3.63) is 29.3 Å². The number of carbonyl (C=O) groups excluding carboxylic acids is 1. The Hall–Kier alpha value is -1.35. The van der Waals surface area contributed by atoms with Crippen LogP contribution in [0.1, 0.15) is 18.1 Å². The fraction of sp³-hybridized carbons (Fsp3) is 0.533. The first kappa shape index (κ1) is 13.1. The highest BCUT2D eigenvalue weighted by atomic mass is 16.2. The van der Waals surface area contributed by atoms with Crippen LogP contribution < -0.4 is 10.2 Å². The van der Waals surface area contributed by atoms with Gasteiger partial charge in [-0.2, -0.15) is 0 Å². The maximum absolute atomic E-state index is 12.5. The largest absolute Gasteiger partial charge is 0.316 e. The van der Waals surface area contributed by atoms with Crippen LogP contribution >= 0.6 is 0 Å². The zero-order valence-corrected chi connectivity index (χ0v) is 11.7. The molecule has 0 aromatic heterocycles. The Morgan fingerprint density at radius 2 is 2.06 bits per heavy atom. The molecule has 0 spiro atoms. The molecule has 1 aromatic rings. The van der Waals surface area contributed by atoms with E-state index in [1.807, 2.05) is 18.0 Å². The minimum Gasteiger partial charge on any atom is -0.316 e. The molecule has 1 heterocycles. The fourth-order valence-corrected chi connectivity index (χ4v) is 2.69. The van der Waals surface area contributed by atoms with Gasteiger partial charge in [-0.25, -0.2) is 0 Å². The summed E-state index contributed by atoms with van der Waals surface area (Å²) in [7, 11) is 1.88. The molecule has 3 heteroatoms. The number of nitrogens with one attached hydrogen (secondary N) is 1. The van der Waals surface area contributed by atoms with E-state index in [9.17, 15) is 4.79 Å². The normalized spacial score (nSPS) is 23.1. The van der Waals surface area contributed by atoms with Crippen LogP contribution in [0.5, 0.6) is 0 Å². The predicted molar refractivity (Wildman–Crippen MR) is 74.8 cm³/mol. The van der Waals surface area contributed by atoms with E-state index in [0.717, 1.165) is 24.3 Å². The van der Waals surface area contributed by atoms with Crippen molar-refractivity contribution >= 4 is 11.6 Å². The molecule has 1 aromatic carbocycles. The smallest absolute Gasteiger partial charge is 0.231 e. The zero-order chi connectivity index (χ0) is 13.3. The zero-order valence-electron chi connectivity index (χ0n) is 11.7. The van der Waals surface area contributed by atoms with Gasteiger partial charge in [0, 0.05) is 19.3 Å². The molecule has 2 atom stereocenters. The van der Waals surface area contributed by atoms with E-state index in [1.54, 1.807) is 0 Å². The van der Waals surface area contributed by atoms with E-state index >= 15 is 0 Å². The van der Waals surface area contributed by atoms with Crippen LogP contribution in [0.3, 0.4) is 0 Å². The monoisotopic (exact) mass is 246 g/mol. The fourth-order valence-electron chi connectivity index (χ4n) is 2.69. The predicted octanol–water partition coefficient (Wildman–Crippen LogP) is 2.12. The van der Waals surface area contributed by atoms with Gasteiger partial charge in [0.15, 0.2) is 0 Å². The van der Waals surface area contributed by atoms with Gasteiger partial charge in [-0.15, -0.1) is 0 Å². The van der Waals surface area contributed by atoms with Gasteiger partial charge in [-0.3, -0.25) is 4.79 Å². The summed E-state index contributed by atoms with van der Waals surface area (Å²) in [5.74, 6) is 0.751. The summed E-state index contributed by atoms with van der Waals surface area (Å²) < 4.78 is 0. The van der Waals surface area contributed by atoms with Crippen LogP contribution in [-0.2, 0) is 4.79 Å². The summed E-state index contributed by atoms with van der Waals surface area (Å²) in [6.07, 6.45) is 0. The van der Waals surface area contributed by atoms with E-state index in [1.165, 1.54) is 5.56 Å². The van der Waals surface area contributed by atoms with Gasteiger partial charge >= 0.3 is 0 Å². The van der Waals surface area contributed by atoms with Crippen molar-refractivity contribution in [2.75, 3.05) is 25.0 Å². The standard InChI is InChI=1S/C15H22N2O/c1-10-5-6-14(11(2)7-10)17(4)15(18)13-9-16-8-12(13)3/h5-7,12-13,16H,8-9H2,1-4H3. The van der Waals surface area contributed by atoms with Gasteiger partial charge in [0.2, 0.25) is 5.91 Å². The third-order valence-electron chi connectivity index (χ3n) is 3.88. The number of anilines is 1. The van der Waals surface area contributed by atoms with Crippen molar-refractivity contribution in [3.63, 3.8) is 0 Å². The average molecular weight is 246 g/mol. The molecule has 0 saturated carbocycles. The second-order valence-electron chi connectivity index (χ2n) is 5.43. The Balaban J connectivity index is 2.20. The molecule has 1 saturated heterocycles. The third-order valence-corrected chi connectivity index (χ3v) is 3.88. The molecule has 2 unspecified atom stereocenters. The summed E-state index contributed by atoms with van der Waals surface area (Å²) in [4.78, 5) is 14.3. The lowest BCUT2D eigenvalue weighted by Gasteiger charge is -2.24. The van der Waals surface area contributed by atoms with Gasteiger partial charge in [-0.1, -0.05) is 24.6 Å². The highest BCUT2D eigenvalue weighted by molar-refractivity contribution is 5.95. The number of benzene rings is 1. The number of carbonyl (C=O) groups is 1. The summed E-state index contributed by atoms with van der Waals surface area (Å²) in [6, 6.07) is 6.22. The quantitative estimate of drug-likeness (QED) is 0.867. The second-order valence-corrected chi connectivity index (χ2v) is 5.43. The molecule has 0 bridgehead atoms. The SMILES string of the molecule is Cc1ccc(N(C)C(=O)C2CNCC2C)c(C)c1. The third kappa shape index (κ3) is 2.41. The van der Waals surface area contributed by atoms with Crippen molar-refractivity contribution in [2.45, 2.75) is 20.8 Å². The first-order valence-corrected chi connectivity index (χ1v) is 6.56. The lowest BCUT2D eigenvalue weighted by Crippen LogP contribution is -2.36. The van der Waals surface area contributed by atoms with Gasteiger partial charge in [0.05, 0.1) is 5.92 Å². The minimum atomic E-state index is 0.107. The lowest BCUT2D eigenvalue weighted by molar-refractivity contribution is -0.122. The first-order chi connectivity index (χ1) is 8.50. The Morgan fingerprint density at radius 1 is 1.33 bits per heavy atom. The molecule has 1 aliphatic heterocycles. The molecular weight excluding hydrogens is 224 g/mol. The number of rotatable bonds is 2. The Labute approximate surface area is 109 Å². The number of aryl methyl sites for hydroxylation is 2. The molecule has 0 radical (unpaired) electrons. The molecule has 0 aliphatic carbocycles. The average Bonchev–Trinajstić information content (AvgIpc) is 2.74. The van der Waals surface area contributed by atoms with E-state index in [4.69, 9.17) is 0 Å².